The highest BCUT2D eigenvalue weighted by Gasteiger charge is 2.38. The molecule has 2 nitrogen and oxygen atoms in total. The van der Waals surface area contributed by atoms with Crippen molar-refractivity contribution in [2.45, 2.75) is 18.4 Å². The molecule has 3 atom stereocenters. The molecule has 0 saturated heterocycles. The van der Waals surface area contributed by atoms with Gasteiger partial charge in [-0.25, -0.2) is 0 Å². The molecule has 1 N–H and O–H groups in total. The van der Waals surface area contributed by atoms with Gasteiger partial charge in [0.15, 0.2) is 0 Å². The summed E-state index contributed by atoms with van der Waals surface area (Å²) in [6.45, 7) is 0. The highest BCUT2D eigenvalue weighted by atomic mass is 35.5. The third kappa shape index (κ3) is 2.10. The Hall–Kier alpha value is -1.93. The third-order valence-corrected chi connectivity index (χ3v) is 5.11. The van der Waals surface area contributed by atoms with E-state index in [1.807, 2.05) is 18.2 Å². The van der Waals surface area contributed by atoms with Gasteiger partial charge in [0.05, 0.1) is 23.9 Å². The van der Waals surface area contributed by atoms with Crippen LogP contribution < -0.4 is 10.1 Å². The number of methoxy groups -OCH3 is 1. The van der Waals surface area contributed by atoms with Crippen molar-refractivity contribution < 1.29 is 4.74 Å². The second-order valence-electron chi connectivity index (χ2n) is 5.96. The molecule has 4 rings (SSSR count). The zero-order valence-electron chi connectivity index (χ0n) is 12.4. The summed E-state index contributed by atoms with van der Waals surface area (Å²) in [7, 11) is 1.71. The minimum absolute atomic E-state index is 0.252. The molecule has 2 aliphatic rings. The smallest absolute Gasteiger partial charge is 0.119 e. The van der Waals surface area contributed by atoms with E-state index in [4.69, 9.17) is 16.3 Å². The molecule has 2 aromatic rings. The molecule has 0 spiro atoms. The molecule has 0 bridgehead atoms. The van der Waals surface area contributed by atoms with Gasteiger partial charge in [-0.3, -0.25) is 0 Å². The first-order valence-electron chi connectivity index (χ1n) is 7.63. The summed E-state index contributed by atoms with van der Waals surface area (Å²) in [6, 6.07) is 14.7. The van der Waals surface area contributed by atoms with E-state index < -0.39 is 0 Å². The first-order valence-corrected chi connectivity index (χ1v) is 8.01. The number of hydrogen-bond acceptors (Lipinski definition) is 2. The Morgan fingerprint density at radius 3 is 2.91 bits per heavy atom. The Morgan fingerprint density at radius 2 is 2.05 bits per heavy atom. The van der Waals surface area contributed by atoms with Gasteiger partial charge in [-0.2, -0.15) is 0 Å². The zero-order valence-corrected chi connectivity index (χ0v) is 13.2. The second-order valence-corrected chi connectivity index (χ2v) is 6.36. The van der Waals surface area contributed by atoms with Gasteiger partial charge < -0.3 is 10.1 Å². The van der Waals surface area contributed by atoms with Crippen molar-refractivity contribution in [2.75, 3.05) is 12.4 Å². The first kappa shape index (κ1) is 13.7. The quantitative estimate of drug-likeness (QED) is 0.772. The Labute approximate surface area is 135 Å². The average molecular weight is 312 g/mol. The molecule has 2 aromatic carbocycles. The van der Waals surface area contributed by atoms with Gasteiger partial charge in [-0.05, 0) is 41.7 Å². The predicted molar refractivity (Wildman–Crippen MR) is 90.8 cm³/mol. The van der Waals surface area contributed by atoms with Crippen molar-refractivity contribution in [3.05, 3.63) is 70.8 Å². The normalized spacial score (nSPS) is 25.3. The maximum atomic E-state index is 6.43. The number of benzene rings is 2. The van der Waals surface area contributed by atoms with Crippen LogP contribution >= 0.6 is 11.6 Å². The Morgan fingerprint density at radius 1 is 1.18 bits per heavy atom. The van der Waals surface area contributed by atoms with E-state index >= 15 is 0 Å². The molecule has 1 aliphatic carbocycles. The van der Waals surface area contributed by atoms with E-state index in [2.05, 4.69) is 41.7 Å². The predicted octanol–water partition coefficient (Wildman–Crippen LogP) is 5.18. The zero-order chi connectivity index (χ0) is 15.1. The lowest BCUT2D eigenvalue weighted by atomic mass is 9.77. The van der Waals surface area contributed by atoms with E-state index in [-0.39, 0.29) is 6.04 Å². The SMILES string of the molecule is COc1cccc([C@@H]2Nc3c(Cl)cccc3[C@@H]3C=CC[C@H]32)c1. The lowest BCUT2D eigenvalue weighted by molar-refractivity contribution is 0.406. The van der Waals surface area contributed by atoms with E-state index in [0.717, 1.165) is 22.9 Å². The van der Waals surface area contributed by atoms with Crippen LogP contribution in [0, 0.1) is 5.92 Å². The van der Waals surface area contributed by atoms with Crippen LogP contribution in [0.3, 0.4) is 0 Å². The van der Waals surface area contributed by atoms with E-state index in [0.29, 0.717) is 11.8 Å². The Bertz CT molecular complexity index is 740. The number of allylic oxidation sites excluding steroid dienone is 2. The van der Waals surface area contributed by atoms with Crippen molar-refractivity contribution in [3.8, 4) is 5.75 Å². The molecule has 0 radical (unpaired) electrons. The van der Waals surface area contributed by atoms with Crippen molar-refractivity contribution in [2.24, 2.45) is 5.92 Å². The van der Waals surface area contributed by atoms with E-state index in [1.54, 1.807) is 7.11 Å². The van der Waals surface area contributed by atoms with Crippen LogP contribution in [0.4, 0.5) is 5.69 Å². The second kappa shape index (κ2) is 5.36. The van der Waals surface area contributed by atoms with Gasteiger partial charge >= 0.3 is 0 Å². The number of fused-ring (bicyclic) bond motifs is 3. The van der Waals surface area contributed by atoms with E-state index in [9.17, 15) is 0 Å². The van der Waals surface area contributed by atoms with Crippen molar-refractivity contribution in [1.29, 1.82) is 0 Å². The van der Waals surface area contributed by atoms with Crippen LogP contribution in [-0.4, -0.2) is 7.11 Å². The minimum atomic E-state index is 0.252. The summed E-state index contributed by atoms with van der Waals surface area (Å²) in [4.78, 5) is 0. The fourth-order valence-corrected chi connectivity index (χ4v) is 3.98. The standard InChI is InChI=1S/C19H18ClNO/c1-22-13-6-2-5-12(11-13)18-15-8-3-7-14(15)16-9-4-10-17(20)19(16)21-18/h2-7,9-11,14-15,18,21H,8H2,1H3/t14-,15-,18+/m1/s1. The highest BCUT2D eigenvalue weighted by Crippen LogP contribution is 2.51. The van der Waals surface area contributed by atoms with Gasteiger partial charge in [-0.1, -0.05) is 48.0 Å². The summed E-state index contributed by atoms with van der Waals surface area (Å²) in [6.07, 6.45) is 5.71. The third-order valence-electron chi connectivity index (χ3n) is 4.80. The van der Waals surface area contributed by atoms with Crippen LogP contribution in [0.1, 0.15) is 29.5 Å². The first-order chi connectivity index (χ1) is 10.8. The number of para-hydroxylation sites is 1. The number of rotatable bonds is 2. The molecule has 0 fully saturated rings. The van der Waals surface area contributed by atoms with Crippen LogP contribution in [0.25, 0.3) is 0 Å². The molecule has 22 heavy (non-hydrogen) atoms. The maximum absolute atomic E-state index is 6.43. The molecule has 0 unspecified atom stereocenters. The van der Waals surface area contributed by atoms with Crippen molar-refractivity contribution in [3.63, 3.8) is 0 Å². The number of halogens is 1. The molecular formula is C19H18ClNO. The molecular weight excluding hydrogens is 294 g/mol. The fourth-order valence-electron chi connectivity index (χ4n) is 3.75. The van der Waals surface area contributed by atoms with Gasteiger partial charge in [0.2, 0.25) is 0 Å². The molecule has 1 aliphatic heterocycles. The summed E-state index contributed by atoms with van der Waals surface area (Å²) in [5, 5.41) is 4.47. The summed E-state index contributed by atoms with van der Waals surface area (Å²) in [5.74, 6) is 1.86. The van der Waals surface area contributed by atoms with Crippen LogP contribution in [0.2, 0.25) is 5.02 Å². The summed E-state index contributed by atoms with van der Waals surface area (Å²) in [5.41, 5.74) is 3.64. The van der Waals surface area contributed by atoms with E-state index in [1.165, 1.54) is 11.1 Å². The van der Waals surface area contributed by atoms with Crippen LogP contribution in [0.15, 0.2) is 54.6 Å². The summed E-state index contributed by atoms with van der Waals surface area (Å²) < 4.78 is 5.38. The largest absolute Gasteiger partial charge is 0.497 e. The van der Waals surface area contributed by atoms with Gasteiger partial charge in [0.25, 0.3) is 0 Å². The molecule has 3 heteroatoms. The number of nitrogens with one attached hydrogen (secondary N) is 1. The molecule has 112 valence electrons. The maximum Gasteiger partial charge on any atom is 0.119 e. The fraction of sp³-hybridized carbons (Fsp3) is 0.263. The molecule has 1 heterocycles. The number of ether oxygens (including phenoxy) is 1. The average Bonchev–Trinajstić information content (AvgIpc) is 3.04. The number of anilines is 1. The topological polar surface area (TPSA) is 21.3 Å². The highest BCUT2D eigenvalue weighted by molar-refractivity contribution is 6.33. The van der Waals surface area contributed by atoms with Crippen LogP contribution in [-0.2, 0) is 0 Å². The lowest BCUT2D eigenvalue weighted by Gasteiger charge is -2.38. The van der Waals surface area contributed by atoms with Gasteiger partial charge in [0, 0.05) is 5.92 Å². The van der Waals surface area contributed by atoms with Crippen LogP contribution in [0.5, 0.6) is 5.75 Å². The van der Waals surface area contributed by atoms with Gasteiger partial charge in [0.1, 0.15) is 5.75 Å². The Balaban J connectivity index is 1.80. The van der Waals surface area contributed by atoms with Crippen molar-refractivity contribution >= 4 is 17.3 Å². The molecule has 0 amide bonds. The minimum Gasteiger partial charge on any atom is -0.497 e. The molecule has 0 aromatic heterocycles. The van der Waals surface area contributed by atoms with Gasteiger partial charge in [-0.15, -0.1) is 0 Å². The monoisotopic (exact) mass is 311 g/mol. The van der Waals surface area contributed by atoms with Crippen molar-refractivity contribution in [1.82, 2.24) is 0 Å². The summed E-state index contributed by atoms with van der Waals surface area (Å²) >= 11 is 6.43. The molecule has 0 saturated carbocycles. The number of hydrogen-bond donors (Lipinski definition) is 1. The Kier molecular flexibility index (Phi) is 3.34. The lowest BCUT2D eigenvalue weighted by Crippen LogP contribution is -2.29.